The van der Waals surface area contributed by atoms with E-state index in [0.29, 0.717) is 65.2 Å². The molecule has 0 aliphatic heterocycles. The molecule has 4 fully saturated rings. The van der Waals surface area contributed by atoms with Gasteiger partial charge in [-0.25, -0.2) is 4.18 Å². The highest BCUT2D eigenvalue weighted by Gasteiger charge is 2.61. The van der Waals surface area contributed by atoms with Gasteiger partial charge in [0.1, 0.15) is 0 Å². The Balaban J connectivity index is 1.23. The first-order valence-electron chi connectivity index (χ1n) is 19.5. The van der Waals surface area contributed by atoms with Crippen LogP contribution in [-0.2, 0) is 14.6 Å². The Hall–Kier alpha value is -0.330. The number of fused-ring (bicyclic) bond motifs is 5. The molecule has 4 aliphatic rings. The summed E-state index contributed by atoms with van der Waals surface area (Å²) in [5, 5.41) is 22.8. The van der Waals surface area contributed by atoms with Crippen molar-refractivity contribution in [1.82, 2.24) is 16.0 Å². The number of rotatable bonds is 20. The van der Waals surface area contributed by atoms with E-state index in [-0.39, 0.29) is 12.0 Å². The number of aliphatic hydroxyl groups is 1. The van der Waals surface area contributed by atoms with Crippen LogP contribution in [0.4, 0.5) is 0 Å². The zero-order valence-electron chi connectivity index (χ0n) is 30.5. The van der Waals surface area contributed by atoms with Crippen LogP contribution in [0.15, 0.2) is 0 Å². The third-order valence-corrected chi connectivity index (χ3v) is 14.0. The lowest BCUT2D eigenvalue weighted by Crippen LogP contribution is -2.59. The minimum atomic E-state index is -4.45. The average Bonchev–Trinajstić information content (AvgIpc) is 3.46. The molecule has 0 bridgehead atoms. The van der Waals surface area contributed by atoms with Crippen molar-refractivity contribution in [2.45, 2.75) is 136 Å². The minimum absolute atomic E-state index is 0.0168. The number of nitrogens with one attached hydrogen (secondary N) is 3. The topological polar surface area (TPSA) is 146 Å². The van der Waals surface area contributed by atoms with Crippen LogP contribution in [0, 0.1) is 58.7 Å². The van der Waals surface area contributed by atoms with E-state index < -0.39 is 16.5 Å². The van der Waals surface area contributed by atoms with E-state index in [9.17, 15) is 18.1 Å². The van der Waals surface area contributed by atoms with Crippen molar-refractivity contribution in [2.75, 3.05) is 39.3 Å². The maximum Gasteiger partial charge on any atom is 0.397 e. The van der Waals surface area contributed by atoms with Gasteiger partial charge in [-0.15, -0.1) is 0 Å². The Bertz CT molecular complexity index is 1030. The van der Waals surface area contributed by atoms with Gasteiger partial charge in [0.05, 0.1) is 12.2 Å². The largest absolute Gasteiger partial charge is 0.397 e. The molecule has 4 saturated carbocycles. The van der Waals surface area contributed by atoms with E-state index in [2.05, 4.69) is 36.7 Å². The van der Waals surface area contributed by atoms with Crippen molar-refractivity contribution >= 4 is 10.4 Å². The molecule has 47 heavy (non-hydrogen) atoms. The normalized spacial score (nSPS) is 36.9. The number of unbranched alkanes of at least 4 members (excludes halogenated alkanes) is 1. The van der Waals surface area contributed by atoms with E-state index in [0.717, 1.165) is 65.0 Å². The Kier molecular flexibility index (Phi) is 15.3. The van der Waals surface area contributed by atoms with E-state index in [4.69, 9.17) is 9.92 Å². The highest BCUT2D eigenvalue weighted by atomic mass is 32.3. The summed E-state index contributed by atoms with van der Waals surface area (Å²) in [6, 6.07) is 0.571. The fourth-order valence-corrected chi connectivity index (χ4v) is 11.6. The van der Waals surface area contributed by atoms with E-state index >= 15 is 0 Å². The van der Waals surface area contributed by atoms with Crippen molar-refractivity contribution in [3.8, 4) is 0 Å². The first-order chi connectivity index (χ1) is 22.4. The van der Waals surface area contributed by atoms with Crippen LogP contribution >= 0.6 is 0 Å². The molecular formula is C37H72N4O5S. The van der Waals surface area contributed by atoms with Gasteiger partial charge in [0, 0.05) is 6.04 Å². The molecule has 0 amide bonds. The number of nitrogens with two attached hydrogens (primary N) is 1. The van der Waals surface area contributed by atoms with Gasteiger partial charge in [0.2, 0.25) is 0 Å². The van der Waals surface area contributed by atoms with Gasteiger partial charge in [-0.05, 0) is 181 Å². The number of aliphatic hydroxyl groups excluding tert-OH is 1. The summed E-state index contributed by atoms with van der Waals surface area (Å²) in [5.74, 6) is 4.56. The fraction of sp³-hybridized carbons (Fsp3) is 1.00. The zero-order chi connectivity index (χ0) is 34.2. The SMILES string of the molecule is CC(C)C(CCC(C)C1CCC2C1C(C)CC1C2C(O)CC2CC(NCCCNCCCCNCCCN)CCC21C)OS(=O)(=O)O. The van der Waals surface area contributed by atoms with Crippen LogP contribution in [0.5, 0.6) is 0 Å². The maximum atomic E-state index is 11.8. The summed E-state index contributed by atoms with van der Waals surface area (Å²) < 4.78 is 37.2. The molecule has 12 unspecified atom stereocenters. The van der Waals surface area contributed by atoms with Crippen molar-refractivity contribution in [1.29, 1.82) is 0 Å². The molecule has 10 heteroatoms. The third-order valence-electron chi connectivity index (χ3n) is 13.5. The second-order valence-corrected chi connectivity index (χ2v) is 17.9. The zero-order valence-corrected chi connectivity index (χ0v) is 31.3. The molecule has 0 heterocycles. The summed E-state index contributed by atoms with van der Waals surface area (Å²) in [6.07, 6.45) is 13.8. The second kappa shape index (κ2) is 18.2. The smallest absolute Gasteiger partial charge is 0.393 e. The summed E-state index contributed by atoms with van der Waals surface area (Å²) in [6.45, 7) is 17.4. The number of hydrogen-bond donors (Lipinski definition) is 6. The lowest BCUT2D eigenvalue weighted by Gasteiger charge is -2.62. The molecule has 0 aromatic carbocycles. The van der Waals surface area contributed by atoms with Gasteiger partial charge >= 0.3 is 10.4 Å². The molecule has 12 atom stereocenters. The Morgan fingerprint density at radius 1 is 0.894 bits per heavy atom. The van der Waals surface area contributed by atoms with Gasteiger partial charge in [0.25, 0.3) is 0 Å². The predicted octanol–water partition coefficient (Wildman–Crippen LogP) is 5.39. The average molecular weight is 685 g/mol. The Labute approximate surface area is 288 Å². The van der Waals surface area contributed by atoms with Gasteiger partial charge in [-0.2, -0.15) is 8.42 Å². The molecule has 0 spiro atoms. The maximum absolute atomic E-state index is 11.8. The van der Waals surface area contributed by atoms with Gasteiger partial charge < -0.3 is 26.8 Å². The molecule has 4 aliphatic carbocycles. The molecule has 0 aromatic heterocycles. The summed E-state index contributed by atoms with van der Waals surface area (Å²) in [7, 11) is -4.45. The van der Waals surface area contributed by atoms with E-state index in [1.165, 1.54) is 51.4 Å². The van der Waals surface area contributed by atoms with Crippen LogP contribution in [0.1, 0.15) is 118 Å². The predicted molar refractivity (Wildman–Crippen MR) is 191 cm³/mol. The molecule has 0 saturated heterocycles. The van der Waals surface area contributed by atoms with Gasteiger partial charge in [-0.3, -0.25) is 4.55 Å². The fourth-order valence-electron chi connectivity index (χ4n) is 11.0. The molecule has 276 valence electrons. The van der Waals surface area contributed by atoms with Crippen LogP contribution in [0.2, 0.25) is 0 Å². The second-order valence-electron chi connectivity index (χ2n) is 16.9. The standard InChI is InChI=1S/C37H72N4O5S/c1-25(2)34(46-47(43,44)45)13-10-26(3)30-11-12-31-35(30)27(4)22-32-36(31)33(42)24-28-23-29(14-15-37(28,32)5)41-21-9-20-40-18-7-6-17-39-19-8-16-38/h25-36,39-42H,6-24,38H2,1-5H3,(H,43,44,45). The van der Waals surface area contributed by atoms with Crippen molar-refractivity contribution in [2.24, 2.45) is 64.4 Å². The minimum Gasteiger partial charge on any atom is -0.393 e. The Morgan fingerprint density at radius 2 is 1.57 bits per heavy atom. The first kappa shape index (κ1) is 39.5. The Morgan fingerprint density at radius 3 is 2.23 bits per heavy atom. The first-order valence-corrected chi connectivity index (χ1v) is 20.9. The molecule has 9 nitrogen and oxygen atoms in total. The molecule has 0 aromatic rings. The lowest BCUT2D eigenvalue weighted by atomic mass is 9.44. The highest BCUT2D eigenvalue weighted by molar-refractivity contribution is 7.80. The molecular weight excluding hydrogens is 612 g/mol. The summed E-state index contributed by atoms with van der Waals surface area (Å²) >= 11 is 0. The van der Waals surface area contributed by atoms with Crippen molar-refractivity contribution in [3.05, 3.63) is 0 Å². The van der Waals surface area contributed by atoms with Crippen LogP contribution in [-0.4, -0.2) is 75.6 Å². The van der Waals surface area contributed by atoms with Crippen LogP contribution in [0.25, 0.3) is 0 Å². The molecule has 0 radical (unpaired) electrons. The summed E-state index contributed by atoms with van der Waals surface area (Å²) in [4.78, 5) is 0. The van der Waals surface area contributed by atoms with Gasteiger partial charge in [0.15, 0.2) is 0 Å². The van der Waals surface area contributed by atoms with Crippen molar-refractivity contribution < 1.29 is 22.3 Å². The monoisotopic (exact) mass is 685 g/mol. The van der Waals surface area contributed by atoms with Crippen LogP contribution < -0.4 is 21.7 Å². The quantitative estimate of drug-likeness (QED) is 0.0735. The third kappa shape index (κ3) is 10.6. The molecule has 7 N–H and O–H groups in total. The van der Waals surface area contributed by atoms with Crippen LogP contribution in [0.3, 0.4) is 0 Å². The lowest BCUT2D eigenvalue weighted by molar-refractivity contribution is -0.160. The van der Waals surface area contributed by atoms with Gasteiger partial charge in [-0.1, -0.05) is 34.6 Å². The highest BCUT2D eigenvalue weighted by Crippen LogP contribution is 2.65. The van der Waals surface area contributed by atoms with Crippen molar-refractivity contribution in [3.63, 3.8) is 0 Å². The van der Waals surface area contributed by atoms with E-state index in [1.54, 1.807) is 0 Å². The summed E-state index contributed by atoms with van der Waals surface area (Å²) in [5.41, 5.74) is 5.86. The van der Waals surface area contributed by atoms with E-state index in [1.807, 2.05) is 13.8 Å². The number of hydrogen-bond acceptors (Lipinski definition) is 8. The molecule has 4 rings (SSSR count).